The second-order valence-corrected chi connectivity index (χ2v) is 8.13. The number of nitrogens with one attached hydrogen (secondary N) is 1. The van der Waals surface area contributed by atoms with E-state index in [0.29, 0.717) is 9.23 Å². The highest BCUT2D eigenvalue weighted by Gasteiger charge is 2.15. The summed E-state index contributed by atoms with van der Waals surface area (Å²) in [4.78, 5) is 11.9. The average molecular weight is 399 g/mol. The van der Waals surface area contributed by atoms with E-state index in [-0.39, 0.29) is 10.6 Å². The summed E-state index contributed by atoms with van der Waals surface area (Å²) < 4.78 is 15.7. The lowest BCUT2D eigenvalue weighted by molar-refractivity contribution is 0.0983. The van der Waals surface area contributed by atoms with Gasteiger partial charge in [0.25, 0.3) is 5.91 Å². The molecule has 8 heteroatoms. The number of carbonyl (C=O) groups excluding carboxylic acids is 1. The minimum atomic E-state index is -1.61. The molecule has 19 heavy (non-hydrogen) atoms. The third-order valence-electron chi connectivity index (χ3n) is 2.09. The summed E-state index contributed by atoms with van der Waals surface area (Å²) in [5.41, 5.74) is 0.232. The van der Waals surface area contributed by atoms with Crippen LogP contribution in [-0.2, 0) is 11.0 Å². The number of amides is 1. The van der Waals surface area contributed by atoms with E-state index in [9.17, 15) is 9.00 Å². The van der Waals surface area contributed by atoms with Crippen LogP contribution in [0.15, 0.2) is 38.3 Å². The zero-order chi connectivity index (χ0) is 14.0. The second kappa shape index (κ2) is 6.37. The second-order valence-electron chi connectivity index (χ2n) is 3.38. The summed E-state index contributed by atoms with van der Waals surface area (Å²) in [5, 5.41) is 0.652. The summed E-state index contributed by atoms with van der Waals surface area (Å²) in [6.45, 7) is 0. The van der Waals surface area contributed by atoms with Crippen molar-refractivity contribution in [1.82, 2.24) is 4.72 Å². The SMILES string of the molecule is O=C(NS(=O)c1ccc(Br)s1)c1ccc(Cl)cc1Cl. The number of hydrogen-bond acceptors (Lipinski definition) is 3. The van der Waals surface area contributed by atoms with Crippen LogP contribution in [0.1, 0.15) is 10.4 Å². The Morgan fingerprint density at radius 1 is 1.26 bits per heavy atom. The lowest BCUT2D eigenvalue weighted by atomic mass is 10.2. The number of carbonyl (C=O) groups is 1. The van der Waals surface area contributed by atoms with Crippen molar-refractivity contribution in [3.63, 3.8) is 0 Å². The Bertz CT molecular complexity index is 660. The number of hydrogen-bond donors (Lipinski definition) is 1. The third-order valence-corrected chi connectivity index (χ3v) is 5.63. The molecule has 2 rings (SSSR count). The molecule has 0 aliphatic carbocycles. The van der Waals surface area contributed by atoms with Crippen molar-refractivity contribution in [3.8, 4) is 0 Å². The standard InChI is InChI=1S/C11H6BrCl2NO2S2/c12-9-3-4-10(18-9)19(17)15-11(16)7-2-1-6(13)5-8(7)14/h1-5H,(H,15,16). The van der Waals surface area contributed by atoms with Crippen molar-refractivity contribution < 1.29 is 9.00 Å². The molecule has 100 valence electrons. The van der Waals surface area contributed by atoms with Crippen LogP contribution in [0, 0.1) is 0 Å². The average Bonchev–Trinajstić information content (AvgIpc) is 2.75. The van der Waals surface area contributed by atoms with Gasteiger partial charge < -0.3 is 0 Å². The van der Waals surface area contributed by atoms with Crippen molar-refractivity contribution >= 4 is 67.4 Å². The Morgan fingerprint density at radius 2 is 2.00 bits per heavy atom. The molecular formula is C11H6BrCl2NO2S2. The van der Waals surface area contributed by atoms with Crippen molar-refractivity contribution in [1.29, 1.82) is 0 Å². The van der Waals surface area contributed by atoms with Gasteiger partial charge in [-0.1, -0.05) is 23.2 Å². The highest BCUT2D eigenvalue weighted by molar-refractivity contribution is 9.11. The molecule has 0 aliphatic heterocycles. The van der Waals surface area contributed by atoms with Gasteiger partial charge in [-0.2, -0.15) is 0 Å². The first-order chi connectivity index (χ1) is 8.97. The Labute approximate surface area is 134 Å². The summed E-state index contributed by atoms with van der Waals surface area (Å²) in [5.74, 6) is -0.510. The van der Waals surface area contributed by atoms with Crippen LogP contribution in [0.5, 0.6) is 0 Å². The third kappa shape index (κ3) is 3.79. The molecule has 0 radical (unpaired) electrons. The summed E-state index contributed by atoms with van der Waals surface area (Å²) >= 11 is 16.2. The van der Waals surface area contributed by atoms with Crippen LogP contribution in [0.25, 0.3) is 0 Å². The maximum absolute atomic E-state index is 11.9. The normalized spacial score (nSPS) is 12.2. The van der Waals surface area contributed by atoms with E-state index in [0.717, 1.165) is 3.79 Å². The zero-order valence-corrected chi connectivity index (χ0v) is 13.9. The molecule has 1 N–H and O–H groups in total. The first kappa shape index (κ1) is 15.0. The van der Waals surface area contributed by atoms with Gasteiger partial charge in [0.1, 0.15) is 4.21 Å². The first-order valence-electron chi connectivity index (χ1n) is 4.90. The van der Waals surface area contributed by atoms with Gasteiger partial charge in [0, 0.05) is 5.02 Å². The Hall–Kier alpha value is -0.400. The fraction of sp³-hybridized carbons (Fsp3) is 0. The summed E-state index contributed by atoms with van der Waals surface area (Å²) in [7, 11) is -1.61. The molecule has 3 nitrogen and oxygen atoms in total. The lowest BCUT2D eigenvalue weighted by Gasteiger charge is -2.05. The van der Waals surface area contributed by atoms with Crippen molar-refractivity contribution in [2.45, 2.75) is 4.21 Å². The Balaban J connectivity index is 2.15. The van der Waals surface area contributed by atoms with Crippen LogP contribution in [0.2, 0.25) is 10.0 Å². The topological polar surface area (TPSA) is 46.2 Å². The molecule has 1 aromatic carbocycles. The number of rotatable bonds is 3. The van der Waals surface area contributed by atoms with E-state index < -0.39 is 16.9 Å². The van der Waals surface area contributed by atoms with Gasteiger partial charge in [-0.3, -0.25) is 9.52 Å². The maximum Gasteiger partial charge on any atom is 0.264 e. The van der Waals surface area contributed by atoms with Gasteiger partial charge in [0.2, 0.25) is 0 Å². The van der Waals surface area contributed by atoms with Gasteiger partial charge >= 0.3 is 0 Å². The fourth-order valence-electron chi connectivity index (χ4n) is 1.26. The Morgan fingerprint density at radius 3 is 2.58 bits per heavy atom. The van der Waals surface area contributed by atoms with Crippen LogP contribution in [-0.4, -0.2) is 10.1 Å². The Kier molecular flexibility index (Phi) is 5.03. The van der Waals surface area contributed by atoms with Crippen LogP contribution in [0.4, 0.5) is 0 Å². The molecule has 2 aromatic rings. The van der Waals surface area contributed by atoms with E-state index in [1.807, 2.05) is 0 Å². The largest absolute Gasteiger partial charge is 0.268 e. The predicted molar refractivity (Wildman–Crippen MR) is 82.4 cm³/mol. The van der Waals surface area contributed by atoms with Crippen molar-refractivity contribution in [2.75, 3.05) is 0 Å². The lowest BCUT2D eigenvalue weighted by Crippen LogP contribution is -2.25. The molecule has 1 heterocycles. The maximum atomic E-state index is 11.9. The molecular weight excluding hydrogens is 393 g/mol. The van der Waals surface area contributed by atoms with E-state index in [1.54, 1.807) is 18.2 Å². The van der Waals surface area contributed by atoms with E-state index in [1.165, 1.54) is 23.5 Å². The zero-order valence-electron chi connectivity index (χ0n) is 9.15. The van der Waals surface area contributed by atoms with E-state index >= 15 is 0 Å². The number of thiophene rings is 1. The van der Waals surface area contributed by atoms with Crippen LogP contribution in [0.3, 0.4) is 0 Å². The molecule has 0 bridgehead atoms. The van der Waals surface area contributed by atoms with Gasteiger partial charge in [-0.05, 0) is 46.3 Å². The minimum Gasteiger partial charge on any atom is -0.268 e. The quantitative estimate of drug-likeness (QED) is 0.838. The van der Waals surface area contributed by atoms with Crippen LogP contribution >= 0.6 is 50.5 Å². The van der Waals surface area contributed by atoms with Gasteiger partial charge in [0.15, 0.2) is 11.0 Å². The number of halogens is 3. The van der Waals surface area contributed by atoms with Crippen molar-refractivity contribution in [3.05, 3.63) is 49.7 Å². The number of benzene rings is 1. The molecule has 1 amide bonds. The molecule has 0 saturated carbocycles. The van der Waals surface area contributed by atoms with E-state index in [4.69, 9.17) is 23.2 Å². The minimum absolute atomic E-state index is 0.217. The molecule has 1 atom stereocenters. The molecule has 0 spiro atoms. The summed E-state index contributed by atoms with van der Waals surface area (Å²) in [6.07, 6.45) is 0. The fourth-order valence-corrected chi connectivity index (χ4v) is 4.46. The summed E-state index contributed by atoms with van der Waals surface area (Å²) in [6, 6.07) is 7.94. The monoisotopic (exact) mass is 397 g/mol. The molecule has 1 unspecified atom stereocenters. The van der Waals surface area contributed by atoms with Gasteiger partial charge in [-0.25, -0.2) is 4.21 Å². The smallest absolute Gasteiger partial charge is 0.264 e. The highest BCUT2D eigenvalue weighted by Crippen LogP contribution is 2.25. The van der Waals surface area contributed by atoms with Gasteiger partial charge in [0.05, 0.1) is 14.4 Å². The molecule has 0 aliphatic rings. The van der Waals surface area contributed by atoms with E-state index in [2.05, 4.69) is 20.7 Å². The molecule has 0 fully saturated rings. The highest BCUT2D eigenvalue weighted by atomic mass is 79.9. The van der Waals surface area contributed by atoms with Gasteiger partial charge in [-0.15, -0.1) is 11.3 Å². The molecule has 1 aromatic heterocycles. The molecule has 0 saturated heterocycles. The first-order valence-corrected chi connectivity index (χ1v) is 8.42. The predicted octanol–water partition coefficient (Wildman–Crippen LogP) is 4.27. The van der Waals surface area contributed by atoms with Crippen LogP contribution < -0.4 is 4.72 Å². The van der Waals surface area contributed by atoms with Crippen molar-refractivity contribution in [2.24, 2.45) is 0 Å².